The van der Waals surface area contributed by atoms with E-state index in [4.69, 9.17) is 14.2 Å². The van der Waals surface area contributed by atoms with Crippen molar-refractivity contribution in [2.75, 3.05) is 32.8 Å². The van der Waals surface area contributed by atoms with Crippen LogP contribution in [0.5, 0.6) is 11.5 Å². The van der Waals surface area contributed by atoms with Crippen LogP contribution in [0, 0.1) is 0 Å². The molecule has 1 unspecified atom stereocenters. The van der Waals surface area contributed by atoms with Crippen molar-refractivity contribution in [1.82, 2.24) is 4.90 Å². The summed E-state index contributed by atoms with van der Waals surface area (Å²) in [7, 11) is 0. The number of carbonyl (C=O) groups excluding carboxylic acids is 1. The largest absolute Gasteiger partial charge is 0.486 e. The maximum atomic E-state index is 12.3. The van der Waals surface area contributed by atoms with Crippen molar-refractivity contribution < 1.29 is 19.0 Å². The molecule has 0 bridgehead atoms. The van der Waals surface area contributed by atoms with E-state index in [1.165, 1.54) is 22.3 Å². The lowest BCUT2D eigenvalue weighted by molar-refractivity contribution is -0.147. The van der Waals surface area contributed by atoms with Crippen molar-refractivity contribution >= 4 is 34.2 Å². The van der Waals surface area contributed by atoms with Gasteiger partial charge in [-0.1, -0.05) is 17.7 Å². The van der Waals surface area contributed by atoms with E-state index in [1.54, 1.807) is 22.7 Å². The molecule has 172 valence electrons. The fraction of sp³-hybridized carbons (Fsp3) is 0.346. The van der Waals surface area contributed by atoms with Crippen molar-refractivity contribution in [3.8, 4) is 11.5 Å². The Labute approximate surface area is 202 Å². The lowest BCUT2D eigenvalue weighted by Gasteiger charge is -2.30. The Morgan fingerprint density at radius 2 is 1.70 bits per heavy atom. The molecule has 2 aliphatic rings. The second-order valence-electron chi connectivity index (χ2n) is 8.27. The molecule has 0 N–H and O–H groups in total. The maximum Gasteiger partial charge on any atom is 0.307 e. The highest BCUT2D eigenvalue weighted by atomic mass is 32.1. The van der Waals surface area contributed by atoms with Gasteiger partial charge in [-0.15, -0.1) is 0 Å². The van der Waals surface area contributed by atoms with Gasteiger partial charge in [0, 0.05) is 19.6 Å². The molecule has 1 atom stereocenters. The zero-order valence-corrected chi connectivity index (χ0v) is 20.0. The van der Waals surface area contributed by atoms with E-state index in [0.29, 0.717) is 18.8 Å². The van der Waals surface area contributed by atoms with E-state index in [-0.39, 0.29) is 18.7 Å². The van der Waals surface area contributed by atoms with Crippen LogP contribution in [0.25, 0.3) is 5.57 Å². The number of thiophene rings is 2. The summed E-state index contributed by atoms with van der Waals surface area (Å²) in [5, 5.41) is 8.77. The molecule has 7 heteroatoms. The zero-order chi connectivity index (χ0) is 22.5. The van der Waals surface area contributed by atoms with E-state index < -0.39 is 0 Å². The standard InChI is InChI=1S/C26H27NO4S2/c28-25(30-16-22-15-29-23-3-1-2-4-24(23)31-22)7-12-27-10-5-19(6-11-27)26(20-8-13-32-17-20)21-9-14-33-18-21/h1-4,8-9,13-14,17-18,22H,5-7,10-12,15-16H2. The van der Waals surface area contributed by atoms with Gasteiger partial charge in [0.2, 0.25) is 0 Å². The van der Waals surface area contributed by atoms with Gasteiger partial charge in [-0.05, 0) is 75.3 Å². The molecule has 2 aromatic heterocycles. The lowest BCUT2D eigenvalue weighted by Crippen LogP contribution is -2.35. The minimum atomic E-state index is -0.265. The van der Waals surface area contributed by atoms with Crippen LogP contribution in [0.15, 0.2) is 63.5 Å². The third-order valence-corrected chi connectivity index (χ3v) is 7.43. The van der Waals surface area contributed by atoms with Crippen LogP contribution in [0.3, 0.4) is 0 Å². The lowest BCUT2D eigenvalue weighted by atomic mass is 9.91. The van der Waals surface area contributed by atoms with Crippen molar-refractivity contribution in [1.29, 1.82) is 0 Å². The predicted molar refractivity (Wildman–Crippen MR) is 132 cm³/mol. The number of rotatable bonds is 7. The highest BCUT2D eigenvalue weighted by Crippen LogP contribution is 2.34. The van der Waals surface area contributed by atoms with Gasteiger partial charge in [0.1, 0.15) is 13.2 Å². The molecule has 0 saturated carbocycles. The number of hydrogen-bond donors (Lipinski definition) is 0. The van der Waals surface area contributed by atoms with Gasteiger partial charge in [0.05, 0.1) is 6.42 Å². The Kier molecular flexibility index (Phi) is 7.09. The first-order chi connectivity index (χ1) is 16.3. The summed E-state index contributed by atoms with van der Waals surface area (Å²) in [6.07, 6.45) is 2.19. The predicted octanol–water partition coefficient (Wildman–Crippen LogP) is 5.48. The molecule has 5 rings (SSSR count). The maximum absolute atomic E-state index is 12.3. The summed E-state index contributed by atoms with van der Waals surface area (Å²) >= 11 is 3.49. The minimum absolute atomic E-state index is 0.184. The molecule has 1 fully saturated rings. The van der Waals surface area contributed by atoms with Crippen LogP contribution >= 0.6 is 22.7 Å². The molecule has 3 aromatic rings. The quantitative estimate of drug-likeness (QED) is 0.418. The van der Waals surface area contributed by atoms with E-state index in [0.717, 1.165) is 38.2 Å². The van der Waals surface area contributed by atoms with Gasteiger partial charge in [0.15, 0.2) is 17.6 Å². The topological polar surface area (TPSA) is 48.0 Å². The Morgan fingerprint density at radius 3 is 2.36 bits per heavy atom. The SMILES string of the molecule is O=C(CCN1CCC(=C(c2ccsc2)c2ccsc2)CC1)OCC1COc2ccccc2O1. The number of fused-ring (bicyclic) bond motifs is 1. The number of likely N-dealkylation sites (tertiary alicyclic amines) is 1. The Bertz CT molecular complexity index is 1050. The molecule has 0 amide bonds. The summed E-state index contributed by atoms with van der Waals surface area (Å²) in [6, 6.07) is 12.0. The molecular weight excluding hydrogens is 454 g/mol. The number of hydrogen-bond acceptors (Lipinski definition) is 7. The third kappa shape index (κ3) is 5.49. The van der Waals surface area contributed by atoms with Gasteiger partial charge in [-0.25, -0.2) is 0 Å². The molecule has 5 nitrogen and oxygen atoms in total. The molecule has 1 aromatic carbocycles. The number of carbonyl (C=O) groups is 1. The number of nitrogens with zero attached hydrogens (tertiary/aromatic N) is 1. The second kappa shape index (κ2) is 10.5. The van der Waals surface area contributed by atoms with Crippen LogP contribution in [0.4, 0.5) is 0 Å². The first kappa shape index (κ1) is 22.2. The second-order valence-corrected chi connectivity index (χ2v) is 9.83. The highest BCUT2D eigenvalue weighted by Gasteiger charge is 2.23. The molecule has 4 heterocycles. The molecule has 2 aliphatic heterocycles. The third-order valence-electron chi connectivity index (χ3n) is 6.06. The van der Waals surface area contributed by atoms with Gasteiger partial charge >= 0.3 is 5.97 Å². The summed E-state index contributed by atoms with van der Waals surface area (Å²) in [5.74, 6) is 1.25. The van der Waals surface area contributed by atoms with Crippen LogP contribution in [-0.2, 0) is 9.53 Å². The van der Waals surface area contributed by atoms with E-state index in [1.807, 2.05) is 24.3 Å². The molecule has 0 spiro atoms. The van der Waals surface area contributed by atoms with Gasteiger partial charge in [-0.2, -0.15) is 22.7 Å². The Morgan fingerprint density at radius 1 is 1.00 bits per heavy atom. The number of piperidine rings is 1. The normalized spacial score (nSPS) is 18.2. The monoisotopic (exact) mass is 481 g/mol. The Hall–Kier alpha value is -2.61. The number of benzene rings is 1. The summed E-state index contributed by atoms with van der Waals surface area (Å²) in [5.41, 5.74) is 5.55. The Balaban J connectivity index is 1.09. The summed E-state index contributed by atoms with van der Waals surface area (Å²) in [6.45, 7) is 3.27. The highest BCUT2D eigenvalue weighted by molar-refractivity contribution is 7.08. The van der Waals surface area contributed by atoms with Crippen LogP contribution in [0.2, 0.25) is 0 Å². The van der Waals surface area contributed by atoms with Crippen LogP contribution in [-0.4, -0.2) is 49.8 Å². The summed E-state index contributed by atoms with van der Waals surface area (Å²) < 4.78 is 17.0. The average Bonchev–Trinajstić information content (AvgIpc) is 3.58. The number of ether oxygens (including phenoxy) is 3. The fourth-order valence-corrected chi connectivity index (χ4v) is 5.63. The fourth-order valence-electron chi connectivity index (χ4n) is 4.34. The number of para-hydroxylation sites is 2. The van der Waals surface area contributed by atoms with E-state index in [9.17, 15) is 4.79 Å². The molecule has 0 aliphatic carbocycles. The first-order valence-electron chi connectivity index (χ1n) is 11.3. The van der Waals surface area contributed by atoms with E-state index in [2.05, 4.69) is 38.6 Å². The first-order valence-corrected chi connectivity index (χ1v) is 13.2. The van der Waals surface area contributed by atoms with Crippen molar-refractivity contribution in [3.63, 3.8) is 0 Å². The molecule has 0 radical (unpaired) electrons. The smallest absolute Gasteiger partial charge is 0.307 e. The summed E-state index contributed by atoms with van der Waals surface area (Å²) in [4.78, 5) is 14.7. The van der Waals surface area contributed by atoms with E-state index >= 15 is 0 Å². The van der Waals surface area contributed by atoms with Crippen molar-refractivity contribution in [3.05, 3.63) is 74.6 Å². The van der Waals surface area contributed by atoms with Crippen LogP contribution < -0.4 is 9.47 Å². The van der Waals surface area contributed by atoms with Gasteiger partial charge in [0.25, 0.3) is 0 Å². The van der Waals surface area contributed by atoms with Gasteiger partial charge in [-0.3, -0.25) is 4.79 Å². The van der Waals surface area contributed by atoms with Crippen LogP contribution in [0.1, 0.15) is 30.4 Å². The zero-order valence-electron chi connectivity index (χ0n) is 18.4. The molecule has 1 saturated heterocycles. The average molecular weight is 482 g/mol. The van der Waals surface area contributed by atoms with Crippen molar-refractivity contribution in [2.45, 2.75) is 25.4 Å². The molecule has 33 heavy (non-hydrogen) atoms. The minimum Gasteiger partial charge on any atom is -0.486 e. The van der Waals surface area contributed by atoms with Gasteiger partial charge < -0.3 is 19.1 Å². The number of esters is 1. The molecular formula is C26H27NO4S2. The van der Waals surface area contributed by atoms with Crippen molar-refractivity contribution in [2.24, 2.45) is 0 Å².